The van der Waals surface area contributed by atoms with Crippen molar-refractivity contribution in [2.75, 3.05) is 36.5 Å². The first-order valence-corrected chi connectivity index (χ1v) is 9.77. The lowest BCUT2D eigenvalue weighted by Gasteiger charge is -2.28. The topological polar surface area (TPSA) is 67.4 Å². The Morgan fingerprint density at radius 2 is 1.79 bits per heavy atom. The lowest BCUT2D eigenvalue weighted by molar-refractivity contribution is -0.117. The Bertz CT molecular complexity index is 1010. The van der Waals surface area contributed by atoms with Gasteiger partial charge in [0.25, 0.3) is 0 Å². The zero-order chi connectivity index (χ0) is 18.9. The Kier molecular flexibility index (Phi) is 4.41. The van der Waals surface area contributed by atoms with Crippen LogP contribution in [0.4, 0.5) is 11.6 Å². The van der Waals surface area contributed by atoms with E-state index < -0.39 is 0 Å². The van der Waals surface area contributed by atoms with E-state index in [1.165, 1.54) is 5.69 Å². The fraction of sp³-hybridized carbons (Fsp3) is 0.318. The van der Waals surface area contributed by atoms with Crippen LogP contribution in [-0.2, 0) is 9.53 Å². The molecule has 2 heterocycles. The molecule has 0 unspecified atom stereocenters. The Balaban J connectivity index is 1.39. The molecular weight excluding hydrogens is 352 g/mol. The number of carbonyl (C=O) groups excluding carboxylic acids is 1. The SMILES string of the molecule is O=C(Nc1ncc2ccc(-c3ccc(N4CCOCC4)cc3)cc2n1)C1CC1. The molecule has 1 aliphatic heterocycles. The van der Waals surface area contributed by atoms with Crippen LogP contribution < -0.4 is 10.2 Å². The summed E-state index contributed by atoms with van der Waals surface area (Å²) in [5, 5.41) is 3.78. The molecule has 6 heteroatoms. The van der Waals surface area contributed by atoms with Gasteiger partial charge in [-0.2, -0.15) is 0 Å². The van der Waals surface area contributed by atoms with Crippen LogP contribution in [0.25, 0.3) is 22.0 Å². The highest BCUT2D eigenvalue weighted by atomic mass is 16.5. The standard InChI is InChI=1S/C22H22N4O2/c27-21(16-1-2-16)25-22-23-14-18-4-3-17(13-20(18)24-22)15-5-7-19(8-6-15)26-9-11-28-12-10-26/h3-8,13-14,16H,1-2,9-12H2,(H,23,24,25,27). The number of amides is 1. The van der Waals surface area contributed by atoms with Crippen LogP contribution in [0.15, 0.2) is 48.7 Å². The molecule has 0 atom stereocenters. The van der Waals surface area contributed by atoms with Gasteiger partial charge in [0.05, 0.1) is 18.7 Å². The number of fused-ring (bicyclic) bond motifs is 1. The van der Waals surface area contributed by atoms with Gasteiger partial charge in [-0.3, -0.25) is 10.1 Å². The molecule has 2 aliphatic rings. The summed E-state index contributed by atoms with van der Waals surface area (Å²) in [7, 11) is 0. The van der Waals surface area contributed by atoms with Crippen molar-refractivity contribution >= 4 is 28.4 Å². The Hall–Kier alpha value is -2.99. The molecule has 1 aliphatic carbocycles. The van der Waals surface area contributed by atoms with Gasteiger partial charge in [-0.1, -0.05) is 24.3 Å². The van der Waals surface area contributed by atoms with E-state index in [0.29, 0.717) is 5.95 Å². The van der Waals surface area contributed by atoms with E-state index in [9.17, 15) is 4.79 Å². The van der Waals surface area contributed by atoms with Crippen molar-refractivity contribution in [2.24, 2.45) is 5.92 Å². The van der Waals surface area contributed by atoms with Crippen molar-refractivity contribution in [3.63, 3.8) is 0 Å². The molecule has 6 nitrogen and oxygen atoms in total. The van der Waals surface area contributed by atoms with Crippen molar-refractivity contribution in [1.82, 2.24) is 9.97 Å². The van der Waals surface area contributed by atoms with Gasteiger partial charge in [0.2, 0.25) is 11.9 Å². The summed E-state index contributed by atoms with van der Waals surface area (Å²) in [4.78, 5) is 23.1. The Labute approximate surface area is 163 Å². The van der Waals surface area contributed by atoms with Gasteiger partial charge in [0, 0.05) is 36.3 Å². The number of benzene rings is 2. The maximum atomic E-state index is 12.0. The number of anilines is 2. The lowest BCUT2D eigenvalue weighted by Crippen LogP contribution is -2.36. The average molecular weight is 374 g/mol. The molecule has 3 aromatic rings. The van der Waals surface area contributed by atoms with E-state index in [1.807, 2.05) is 12.1 Å². The van der Waals surface area contributed by atoms with Crippen LogP contribution in [0.5, 0.6) is 0 Å². The van der Waals surface area contributed by atoms with E-state index in [2.05, 4.69) is 50.5 Å². The zero-order valence-corrected chi connectivity index (χ0v) is 15.6. The highest BCUT2D eigenvalue weighted by molar-refractivity contribution is 5.93. The van der Waals surface area contributed by atoms with E-state index in [1.54, 1.807) is 6.20 Å². The molecule has 1 saturated heterocycles. The van der Waals surface area contributed by atoms with Crippen LogP contribution in [0, 0.1) is 5.92 Å². The molecule has 142 valence electrons. The maximum absolute atomic E-state index is 12.0. The van der Waals surface area contributed by atoms with Gasteiger partial charge in [0.15, 0.2) is 0 Å². The van der Waals surface area contributed by atoms with Crippen LogP contribution in [0.1, 0.15) is 12.8 Å². The van der Waals surface area contributed by atoms with Gasteiger partial charge in [-0.25, -0.2) is 9.97 Å². The second-order valence-electron chi connectivity index (χ2n) is 7.38. The Morgan fingerprint density at radius 1 is 1.04 bits per heavy atom. The highest BCUT2D eigenvalue weighted by Gasteiger charge is 2.30. The first-order valence-electron chi connectivity index (χ1n) is 9.77. The summed E-state index contributed by atoms with van der Waals surface area (Å²) in [6.45, 7) is 3.43. The van der Waals surface area contributed by atoms with Crippen molar-refractivity contribution in [3.05, 3.63) is 48.7 Å². The largest absolute Gasteiger partial charge is 0.378 e. The maximum Gasteiger partial charge on any atom is 0.229 e. The van der Waals surface area contributed by atoms with Gasteiger partial charge in [0.1, 0.15) is 0 Å². The summed E-state index contributed by atoms with van der Waals surface area (Å²) in [6.07, 6.45) is 3.68. The second kappa shape index (κ2) is 7.20. The number of carbonyl (C=O) groups is 1. The summed E-state index contributed by atoms with van der Waals surface area (Å²) in [5.74, 6) is 0.536. The lowest BCUT2D eigenvalue weighted by atomic mass is 10.0. The van der Waals surface area contributed by atoms with Crippen LogP contribution in [0.2, 0.25) is 0 Å². The summed E-state index contributed by atoms with van der Waals surface area (Å²) >= 11 is 0. The molecule has 1 aromatic heterocycles. The fourth-order valence-corrected chi connectivity index (χ4v) is 3.51. The molecule has 0 bridgehead atoms. The molecule has 0 spiro atoms. The predicted molar refractivity (Wildman–Crippen MR) is 109 cm³/mol. The third kappa shape index (κ3) is 3.55. The summed E-state index contributed by atoms with van der Waals surface area (Å²) in [5.41, 5.74) is 4.29. The molecular formula is C22H22N4O2. The Morgan fingerprint density at radius 3 is 2.54 bits per heavy atom. The number of hydrogen-bond donors (Lipinski definition) is 1. The number of nitrogens with zero attached hydrogens (tertiary/aromatic N) is 3. The van der Waals surface area contributed by atoms with Crippen molar-refractivity contribution in [1.29, 1.82) is 0 Å². The summed E-state index contributed by atoms with van der Waals surface area (Å²) in [6, 6.07) is 14.8. The summed E-state index contributed by atoms with van der Waals surface area (Å²) < 4.78 is 5.43. The third-order valence-electron chi connectivity index (χ3n) is 5.34. The monoisotopic (exact) mass is 374 g/mol. The van der Waals surface area contributed by atoms with E-state index in [0.717, 1.165) is 61.2 Å². The molecule has 2 aromatic carbocycles. The predicted octanol–water partition coefficient (Wildman–Crippen LogP) is 3.48. The van der Waals surface area contributed by atoms with E-state index in [4.69, 9.17) is 4.74 Å². The van der Waals surface area contributed by atoms with Gasteiger partial charge >= 0.3 is 0 Å². The second-order valence-corrected chi connectivity index (χ2v) is 7.38. The number of morpholine rings is 1. The molecule has 5 rings (SSSR count). The van der Waals surface area contributed by atoms with Gasteiger partial charge in [-0.15, -0.1) is 0 Å². The van der Waals surface area contributed by atoms with Gasteiger partial charge < -0.3 is 9.64 Å². The van der Waals surface area contributed by atoms with Crippen molar-refractivity contribution < 1.29 is 9.53 Å². The van der Waals surface area contributed by atoms with Crippen molar-refractivity contribution in [2.45, 2.75) is 12.8 Å². The first kappa shape index (κ1) is 17.1. The van der Waals surface area contributed by atoms with Crippen LogP contribution >= 0.6 is 0 Å². The third-order valence-corrected chi connectivity index (χ3v) is 5.34. The van der Waals surface area contributed by atoms with Crippen LogP contribution in [0.3, 0.4) is 0 Å². The van der Waals surface area contributed by atoms with E-state index >= 15 is 0 Å². The van der Waals surface area contributed by atoms with Crippen molar-refractivity contribution in [3.8, 4) is 11.1 Å². The molecule has 28 heavy (non-hydrogen) atoms. The molecule has 0 radical (unpaired) electrons. The van der Waals surface area contributed by atoms with Crippen LogP contribution in [-0.4, -0.2) is 42.2 Å². The quantitative estimate of drug-likeness (QED) is 0.757. The minimum atomic E-state index is 0.0224. The number of aromatic nitrogens is 2. The minimum absolute atomic E-state index is 0.0224. The van der Waals surface area contributed by atoms with E-state index in [-0.39, 0.29) is 11.8 Å². The molecule has 1 N–H and O–H groups in total. The van der Waals surface area contributed by atoms with Gasteiger partial charge in [-0.05, 0) is 42.2 Å². The fourth-order valence-electron chi connectivity index (χ4n) is 3.51. The molecule has 1 saturated carbocycles. The smallest absolute Gasteiger partial charge is 0.229 e. The number of ether oxygens (including phenoxy) is 1. The average Bonchev–Trinajstić information content (AvgIpc) is 3.60. The normalized spacial score (nSPS) is 16.9. The molecule has 1 amide bonds. The number of nitrogens with one attached hydrogen (secondary N) is 1. The highest BCUT2D eigenvalue weighted by Crippen LogP contribution is 2.30. The number of hydrogen-bond acceptors (Lipinski definition) is 5. The first-order chi connectivity index (χ1) is 13.8. The number of rotatable bonds is 4. The minimum Gasteiger partial charge on any atom is -0.378 e. The molecule has 2 fully saturated rings. The zero-order valence-electron chi connectivity index (χ0n) is 15.6.